The van der Waals surface area contributed by atoms with Crippen LogP contribution in [0.3, 0.4) is 0 Å². The number of anilines is 1. The van der Waals surface area contributed by atoms with Crippen molar-refractivity contribution in [3.8, 4) is 0 Å². The van der Waals surface area contributed by atoms with Gasteiger partial charge in [-0.25, -0.2) is 19.8 Å². The zero-order chi connectivity index (χ0) is 16.4. The molecule has 2 fully saturated rings. The lowest BCUT2D eigenvalue weighted by atomic mass is 10.1. The van der Waals surface area contributed by atoms with E-state index < -0.39 is 32.4 Å². The Kier molecular flexibility index (Phi) is 3.51. The van der Waals surface area contributed by atoms with Gasteiger partial charge in [0, 0.05) is 0 Å². The maximum atomic E-state index is 10.5. The van der Waals surface area contributed by atoms with E-state index in [1.54, 1.807) is 0 Å². The van der Waals surface area contributed by atoms with Crippen LogP contribution in [0.2, 0.25) is 5.28 Å². The minimum atomic E-state index is -3.46. The van der Waals surface area contributed by atoms with Gasteiger partial charge in [-0.05, 0) is 11.6 Å². The summed E-state index contributed by atoms with van der Waals surface area (Å²) in [5.74, 6) is 0.155. The molecule has 0 saturated carbocycles. The number of rotatable bonds is 1. The van der Waals surface area contributed by atoms with E-state index in [9.17, 15) is 10.00 Å². The fourth-order valence-electron chi connectivity index (χ4n) is 2.71. The molecule has 2 unspecified atom stereocenters. The van der Waals surface area contributed by atoms with E-state index in [0.29, 0.717) is 11.2 Å². The van der Waals surface area contributed by atoms with Crippen molar-refractivity contribution in [2.24, 2.45) is 0 Å². The highest BCUT2D eigenvalue weighted by molar-refractivity contribution is 7.85. The van der Waals surface area contributed by atoms with Gasteiger partial charge in [0.05, 0.1) is 0 Å². The largest absolute Gasteiger partial charge is 0.488 e. The quantitative estimate of drug-likeness (QED) is 0.352. The van der Waals surface area contributed by atoms with Gasteiger partial charge in [0.15, 0.2) is 29.3 Å². The minimum absolute atomic E-state index is 0.0135. The first-order valence-corrected chi connectivity index (χ1v) is 8.60. The molecule has 0 amide bonds. The number of aliphatic hydroxyl groups excluding tert-OH is 1. The maximum Gasteiger partial charge on any atom is 0.488 e. The van der Waals surface area contributed by atoms with Crippen molar-refractivity contribution in [2.75, 3.05) is 12.3 Å². The molecule has 0 bridgehead atoms. The fraction of sp³-hybridized carbons (Fsp3) is 0.500. The summed E-state index contributed by atoms with van der Waals surface area (Å²) < 4.78 is 17.4. The van der Waals surface area contributed by atoms with Crippen molar-refractivity contribution < 1.29 is 23.8 Å². The Balaban J connectivity index is 1.75. The van der Waals surface area contributed by atoms with Crippen LogP contribution in [0, 0.1) is 0 Å². The summed E-state index contributed by atoms with van der Waals surface area (Å²) in [5, 5.41) is 10.5. The van der Waals surface area contributed by atoms with Crippen LogP contribution >= 0.6 is 19.4 Å². The van der Waals surface area contributed by atoms with Gasteiger partial charge in [-0.15, -0.1) is 0 Å². The molecular weight excluding hydrogens is 347 g/mol. The van der Waals surface area contributed by atoms with E-state index in [0.717, 1.165) is 0 Å². The first-order chi connectivity index (χ1) is 10.9. The summed E-state index contributed by atoms with van der Waals surface area (Å²) in [6.45, 7) is -0.0135. The summed E-state index contributed by atoms with van der Waals surface area (Å²) in [6, 6.07) is 0. The molecule has 2 radical (unpaired) electrons. The smallest absolute Gasteiger partial charge is 0.385 e. The summed E-state index contributed by atoms with van der Waals surface area (Å²) in [7, 11) is 2.02. The summed E-state index contributed by atoms with van der Waals surface area (Å²) in [6.07, 6.45) is -2.33. The molecular formula is C10H11BClN5O5P+. The lowest BCUT2D eigenvalue weighted by molar-refractivity contribution is -0.0602. The van der Waals surface area contributed by atoms with E-state index in [1.807, 2.05) is 0 Å². The number of nitrogens with zero attached hydrogens (tertiary/aromatic N) is 4. The number of nitrogens with two attached hydrogens (primary N) is 1. The molecule has 0 aliphatic carbocycles. The summed E-state index contributed by atoms with van der Waals surface area (Å²) in [4.78, 5) is 21.7. The molecule has 2 saturated heterocycles. The van der Waals surface area contributed by atoms with E-state index in [-0.39, 0.29) is 17.7 Å². The minimum Gasteiger partial charge on any atom is -0.385 e. The number of ether oxygens (including phenoxy) is 1. The van der Waals surface area contributed by atoms with E-state index in [1.165, 1.54) is 10.9 Å². The zero-order valence-electron chi connectivity index (χ0n) is 11.5. The van der Waals surface area contributed by atoms with Crippen molar-refractivity contribution >= 4 is 44.0 Å². The molecule has 13 heteroatoms. The van der Waals surface area contributed by atoms with E-state index >= 15 is 0 Å². The molecule has 0 aromatic carbocycles. The number of hydrogen-bond acceptors (Lipinski definition) is 9. The van der Waals surface area contributed by atoms with Crippen LogP contribution in [0.15, 0.2) is 6.33 Å². The lowest BCUT2D eigenvalue weighted by Crippen LogP contribution is -2.40. The monoisotopic (exact) mass is 358 g/mol. The Morgan fingerprint density at radius 3 is 3.04 bits per heavy atom. The Bertz CT molecular complexity index is 777. The molecule has 2 aliphatic heterocycles. The molecule has 4 rings (SSSR count). The molecule has 2 aromatic heterocycles. The highest BCUT2D eigenvalue weighted by atomic mass is 35.5. The topological polar surface area (TPSA) is 138 Å². The van der Waals surface area contributed by atoms with Gasteiger partial charge in [0.25, 0.3) is 0 Å². The van der Waals surface area contributed by atoms with Crippen molar-refractivity contribution in [2.45, 2.75) is 24.5 Å². The van der Waals surface area contributed by atoms with Crippen LogP contribution in [0.25, 0.3) is 11.2 Å². The van der Waals surface area contributed by atoms with Crippen molar-refractivity contribution in [1.29, 1.82) is 0 Å². The zero-order valence-corrected chi connectivity index (χ0v) is 13.1. The third-order valence-electron chi connectivity index (χ3n) is 3.72. The highest BCUT2D eigenvalue weighted by Gasteiger charge is 2.57. The Labute approximate surface area is 136 Å². The third kappa shape index (κ3) is 2.40. The predicted octanol–water partition coefficient (Wildman–Crippen LogP) is -0.426. The van der Waals surface area contributed by atoms with Gasteiger partial charge in [0.1, 0.15) is 25.1 Å². The van der Waals surface area contributed by atoms with Gasteiger partial charge >= 0.3 is 15.4 Å². The average Bonchev–Trinajstić information content (AvgIpc) is 2.97. The molecule has 120 valence electrons. The van der Waals surface area contributed by atoms with Crippen LogP contribution in [-0.2, 0) is 13.8 Å². The molecule has 5 atom stereocenters. The molecule has 2 aliphatic rings. The second kappa shape index (κ2) is 5.22. The first-order valence-electron chi connectivity index (χ1n) is 6.58. The van der Waals surface area contributed by atoms with Crippen molar-refractivity contribution in [3.63, 3.8) is 0 Å². The molecule has 2 aromatic rings. The normalized spacial score (nSPS) is 37.2. The number of halogens is 1. The fourth-order valence-corrected chi connectivity index (χ4v) is 4.00. The average molecular weight is 358 g/mol. The van der Waals surface area contributed by atoms with Crippen molar-refractivity contribution in [1.82, 2.24) is 19.5 Å². The molecule has 4 N–H and O–H groups in total. The number of fused-ring (bicyclic) bond motifs is 2. The second-order valence-electron chi connectivity index (χ2n) is 5.17. The number of nitrogen functional groups attached to an aromatic ring is 1. The van der Waals surface area contributed by atoms with Gasteiger partial charge in [-0.1, -0.05) is 0 Å². The predicted molar refractivity (Wildman–Crippen MR) is 80.4 cm³/mol. The number of aliphatic hydroxyl groups is 1. The van der Waals surface area contributed by atoms with E-state index in [4.69, 9.17) is 38.7 Å². The first kappa shape index (κ1) is 15.5. The highest BCUT2D eigenvalue weighted by Crippen LogP contribution is 2.58. The van der Waals surface area contributed by atoms with E-state index in [2.05, 4.69) is 15.0 Å². The number of aromatic nitrogens is 4. The lowest BCUT2D eigenvalue weighted by Gasteiger charge is -2.27. The van der Waals surface area contributed by atoms with Gasteiger partial charge in [0.2, 0.25) is 5.28 Å². The second-order valence-corrected chi connectivity index (χ2v) is 7.10. The van der Waals surface area contributed by atoms with Gasteiger partial charge < -0.3 is 15.6 Å². The Morgan fingerprint density at radius 2 is 2.26 bits per heavy atom. The Morgan fingerprint density at radius 1 is 1.48 bits per heavy atom. The van der Waals surface area contributed by atoms with Crippen LogP contribution in [-0.4, -0.2) is 62.0 Å². The molecule has 4 heterocycles. The molecule has 23 heavy (non-hydrogen) atoms. The van der Waals surface area contributed by atoms with Crippen molar-refractivity contribution in [3.05, 3.63) is 11.6 Å². The molecule has 0 spiro atoms. The van der Waals surface area contributed by atoms with Crippen LogP contribution in [0.1, 0.15) is 6.23 Å². The van der Waals surface area contributed by atoms with Crippen LogP contribution in [0.5, 0.6) is 0 Å². The standard InChI is InChI=1S/C10H11BClN5O5P/c11-23(19)20-1-3-6(22-23)5(18)9(21-3)17-8-4(16-10(17)12)7(13)14-2-15-8/h2-3,5-6,9,18-19H,1H2,(H2,13,14,15)/q+1/t3-,5?,6-,9-,23?/m1/s1. The summed E-state index contributed by atoms with van der Waals surface area (Å²) in [5.41, 5.74) is 6.35. The number of hydrogen-bond donors (Lipinski definition) is 3. The van der Waals surface area contributed by atoms with Gasteiger partial charge in [-0.3, -0.25) is 4.57 Å². The molecule has 10 nitrogen and oxygen atoms in total. The van der Waals surface area contributed by atoms with Crippen LogP contribution < -0.4 is 5.73 Å². The van der Waals surface area contributed by atoms with Gasteiger partial charge in [-0.2, -0.15) is 9.05 Å². The van der Waals surface area contributed by atoms with Crippen LogP contribution in [0.4, 0.5) is 5.82 Å². The summed E-state index contributed by atoms with van der Waals surface area (Å²) >= 11 is 6.14. The Hall–Kier alpha value is -1.07. The maximum absolute atomic E-state index is 10.5. The SMILES string of the molecule is [B][P+]1(O)OC[C@H]2O[C@@H](n3c(Cl)nc4c(N)ncnc43)C(O)[C@@H]2O1. The third-order valence-corrected chi connectivity index (χ3v) is 5.05. The number of imidazole rings is 1.